The molecular formula is C34H68N2. The van der Waals surface area contributed by atoms with Crippen LogP contribution in [0.1, 0.15) is 188 Å². The summed E-state index contributed by atoms with van der Waals surface area (Å²) in [6.07, 6.45) is 42.5. The van der Waals surface area contributed by atoms with Crippen molar-refractivity contribution < 1.29 is 0 Å². The van der Waals surface area contributed by atoms with Crippen molar-refractivity contribution in [2.24, 2.45) is 0 Å². The first-order chi connectivity index (χ1) is 17.8. The highest BCUT2D eigenvalue weighted by Crippen LogP contribution is 2.24. The maximum absolute atomic E-state index is 2.70. The summed E-state index contributed by atoms with van der Waals surface area (Å²) in [5.74, 6) is 0. The van der Waals surface area contributed by atoms with Crippen molar-refractivity contribution >= 4 is 0 Å². The van der Waals surface area contributed by atoms with Gasteiger partial charge in [0.25, 0.3) is 0 Å². The van der Waals surface area contributed by atoms with Crippen LogP contribution in [-0.4, -0.2) is 29.1 Å². The Morgan fingerprint density at radius 1 is 0.361 bits per heavy atom. The minimum atomic E-state index is 0.642. The standard InChI is InChI=1S/C34H68N2/c1-4-7-10-13-16-18-19-20-21-23-26-29-34-35(30-27-24-15-12-9-6-3)32-33-36(34)31-28-25-22-17-14-11-8-5-2/h32-34H,4-31H2,1-3H3. The molecule has 214 valence electrons. The molecule has 0 aromatic heterocycles. The van der Waals surface area contributed by atoms with Crippen molar-refractivity contribution in [3.05, 3.63) is 12.4 Å². The number of hydrogen-bond acceptors (Lipinski definition) is 2. The van der Waals surface area contributed by atoms with Gasteiger partial charge in [0.15, 0.2) is 0 Å². The Balaban J connectivity index is 2.24. The predicted molar refractivity (Wildman–Crippen MR) is 163 cm³/mol. The molecule has 1 unspecified atom stereocenters. The molecule has 36 heavy (non-hydrogen) atoms. The third-order valence-corrected chi connectivity index (χ3v) is 8.32. The minimum Gasteiger partial charge on any atom is -0.356 e. The molecule has 2 nitrogen and oxygen atoms in total. The molecule has 0 saturated heterocycles. The Bertz CT molecular complexity index is 460. The molecule has 0 radical (unpaired) electrons. The van der Waals surface area contributed by atoms with Crippen LogP contribution >= 0.6 is 0 Å². The van der Waals surface area contributed by atoms with Gasteiger partial charge in [-0.15, -0.1) is 0 Å². The molecule has 0 aromatic carbocycles. The van der Waals surface area contributed by atoms with Gasteiger partial charge in [0.05, 0.1) is 0 Å². The second kappa shape index (κ2) is 26.0. The van der Waals surface area contributed by atoms with Gasteiger partial charge in [0.1, 0.15) is 6.17 Å². The fourth-order valence-corrected chi connectivity index (χ4v) is 5.83. The molecule has 0 N–H and O–H groups in total. The van der Waals surface area contributed by atoms with Gasteiger partial charge in [0.2, 0.25) is 0 Å². The van der Waals surface area contributed by atoms with Crippen LogP contribution in [0.4, 0.5) is 0 Å². The smallest absolute Gasteiger partial charge is 0.101 e. The van der Waals surface area contributed by atoms with Gasteiger partial charge < -0.3 is 9.80 Å². The maximum Gasteiger partial charge on any atom is 0.101 e. The molecule has 0 fully saturated rings. The van der Waals surface area contributed by atoms with Crippen molar-refractivity contribution in [2.75, 3.05) is 13.1 Å². The monoisotopic (exact) mass is 505 g/mol. The lowest BCUT2D eigenvalue weighted by molar-refractivity contribution is 0.135. The fraction of sp³-hybridized carbons (Fsp3) is 0.941. The lowest BCUT2D eigenvalue weighted by Crippen LogP contribution is -2.39. The van der Waals surface area contributed by atoms with Gasteiger partial charge in [-0.3, -0.25) is 0 Å². The van der Waals surface area contributed by atoms with Crippen molar-refractivity contribution in [3.8, 4) is 0 Å². The Morgan fingerprint density at radius 3 is 0.972 bits per heavy atom. The SMILES string of the molecule is CCCCCCCCCCCCCC1N(CCCCCCCC)C=CN1CCCCCCCCCC. The van der Waals surface area contributed by atoms with E-state index in [9.17, 15) is 0 Å². The molecule has 0 saturated carbocycles. The quantitative estimate of drug-likeness (QED) is 0.0977. The third-order valence-electron chi connectivity index (χ3n) is 8.32. The largest absolute Gasteiger partial charge is 0.356 e. The van der Waals surface area contributed by atoms with E-state index in [2.05, 4.69) is 43.0 Å². The summed E-state index contributed by atoms with van der Waals surface area (Å²) in [6, 6.07) is 0. The number of hydrogen-bond donors (Lipinski definition) is 0. The number of unbranched alkanes of at least 4 members (excludes halogenated alkanes) is 22. The average Bonchev–Trinajstić information content (AvgIpc) is 3.27. The Morgan fingerprint density at radius 2 is 0.639 bits per heavy atom. The maximum atomic E-state index is 2.70. The number of nitrogens with zero attached hydrogens (tertiary/aromatic N) is 2. The summed E-state index contributed by atoms with van der Waals surface area (Å²) in [4.78, 5) is 5.39. The first kappa shape index (κ1) is 33.4. The summed E-state index contributed by atoms with van der Waals surface area (Å²) >= 11 is 0. The second-order valence-corrected chi connectivity index (χ2v) is 11.8. The van der Waals surface area contributed by atoms with Crippen LogP contribution in [0.25, 0.3) is 0 Å². The van der Waals surface area contributed by atoms with Gasteiger partial charge >= 0.3 is 0 Å². The molecule has 0 spiro atoms. The van der Waals surface area contributed by atoms with Crippen molar-refractivity contribution in [2.45, 2.75) is 194 Å². The van der Waals surface area contributed by atoms with Crippen LogP contribution in [0.3, 0.4) is 0 Å². The molecule has 0 bridgehead atoms. The third kappa shape index (κ3) is 18.6. The normalized spacial score (nSPS) is 15.5. The molecule has 0 aliphatic carbocycles. The molecular weight excluding hydrogens is 436 g/mol. The van der Waals surface area contributed by atoms with Gasteiger partial charge in [-0.1, -0.05) is 162 Å². The minimum absolute atomic E-state index is 0.642. The molecule has 1 aliphatic rings. The molecule has 2 heteroatoms. The van der Waals surface area contributed by atoms with Crippen LogP contribution in [-0.2, 0) is 0 Å². The van der Waals surface area contributed by atoms with E-state index in [4.69, 9.17) is 0 Å². The van der Waals surface area contributed by atoms with Crippen LogP contribution in [0, 0.1) is 0 Å². The summed E-state index contributed by atoms with van der Waals surface area (Å²) in [5, 5.41) is 0. The number of rotatable bonds is 28. The average molecular weight is 505 g/mol. The Kier molecular flexibility index (Phi) is 24.1. The topological polar surface area (TPSA) is 6.48 Å². The summed E-state index contributed by atoms with van der Waals surface area (Å²) < 4.78 is 0. The first-order valence-electron chi connectivity index (χ1n) is 17.0. The lowest BCUT2D eigenvalue weighted by Gasteiger charge is -2.33. The lowest BCUT2D eigenvalue weighted by atomic mass is 10.0. The zero-order valence-corrected chi connectivity index (χ0v) is 25.4. The summed E-state index contributed by atoms with van der Waals surface area (Å²) in [6.45, 7) is 9.47. The van der Waals surface area contributed by atoms with E-state index >= 15 is 0 Å². The van der Waals surface area contributed by atoms with E-state index < -0.39 is 0 Å². The van der Waals surface area contributed by atoms with Gasteiger partial charge in [-0.05, 0) is 25.7 Å². The van der Waals surface area contributed by atoms with Crippen LogP contribution < -0.4 is 0 Å². The summed E-state index contributed by atoms with van der Waals surface area (Å²) in [7, 11) is 0. The Labute approximate surface area is 229 Å². The second-order valence-electron chi connectivity index (χ2n) is 11.8. The molecule has 0 amide bonds. The van der Waals surface area contributed by atoms with Crippen molar-refractivity contribution in [3.63, 3.8) is 0 Å². The molecule has 1 heterocycles. The Hall–Kier alpha value is -0.660. The van der Waals surface area contributed by atoms with E-state index in [1.165, 1.54) is 180 Å². The van der Waals surface area contributed by atoms with E-state index in [0.717, 1.165) is 0 Å². The van der Waals surface area contributed by atoms with Gasteiger partial charge in [-0.25, -0.2) is 0 Å². The first-order valence-corrected chi connectivity index (χ1v) is 17.0. The van der Waals surface area contributed by atoms with Crippen LogP contribution in [0.15, 0.2) is 12.4 Å². The highest BCUT2D eigenvalue weighted by molar-refractivity contribution is 4.97. The van der Waals surface area contributed by atoms with E-state index in [0.29, 0.717) is 6.17 Å². The van der Waals surface area contributed by atoms with Crippen LogP contribution in [0.2, 0.25) is 0 Å². The van der Waals surface area contributed by atoms with Gasteiger partial charge in [-0.2, -0.15) is 0 Å². The van der Waals surface area contributed by atoms with E-state index in [1.54, 1.807) is 0 Å². The molecule has 0 aromatic rings. The van der Waals surface area contributed by atoms with Crippen molar-refractivity contribution in [1.82, 2.24) is 9.80 Å². The highest BCUT2D eigenvalue weighted by atomic mass is 15.4. The molecule has 1 atom stereocenters. The highest BCUT2D eigenvalue weighted by Gasteiger charge is 2.24. The van der Waals surface area contributed by atoms with E-state index in [-0.39, 0.29) is 0 Å². The summed E-state index contributed by atoms with van der Waals surface area (Å²) in [5.41, 5.74) is 0. The molecule has 1 rings (SSSR count). The van der Waals surface area contributed by atoms with Crippen molar-refractivity contribution in [1.29, 1.82) is 0 Å². The zero-order valence-electron chi connectivity index (χ0n) is 25.4. The van der Waals surface area contributed by atoms with Crippen LogP contribution in [0.5, 0.6) is 0 Å². The zero-order chi connectivity index (χ0) is 25.9. The fourth-order valence-electron chi connectivity index (χ4n) is 5.83. The van der Waals surface area contributed by atoms with E-state index in [1.807, 2.05) is 0 Å². The molecule has 1 aliphatic heterocycles. The predicted octanol–water partition coefficient (Wildman–Crippen LogP) is 11.6. The van der Waals surface area contributed by atoms with Gasteiger partial charge in [0, 0.05) is 25.5 Å².